The van der Waals surface area contributed by atoms with Gasteiger partial charge < -0.3 is 5.32 Å². The molecule has 0 amide bonds. The first kappa shape index (κ1) is 12.0. The molecule has 0 bridgehead atoms. The van der Waals surface area contributed by atoms with E-state index in [4.69, 9.17) is 5.26 Å². The number of nitrogens with one attached hydrogen (secondary N) is 1. The summed E-state index contributed by atoms with van der Waals surface area (Å²) >= 11 is 0. The second-order valence-corrected chi connectivity index (χ2v) is 3.74. The van der Waals surface area contributed by atoms with E-state index >= 15 is 0 Å². The lowest BCUT2D eigenvalue weighted by atomic mass is 9.97. The van der Waals surface area contributed by atoms with Gasteiger partial charge in [-0.2, -0.15) is 5.26 Å². The summed E-state index contributed by atoms with van der Waals surface area (Å²) in [6.45, 7) is 1.12. The lowest BCUT2D eigenvalue weighted by Gasteiger charge is -2.23. The van der Waals surface area contributed by atoms with Gasteiger partial charge in [0.15, 0.2) is 0 Å². The van der Waals surface area contributed by atoms with Crippen molar-refractivity contribution in [2.75, 3.05) is 6.54 Å². The number of piperidine rings is 1. The molecule has 15 heavy (non-hydrogen) atoms. The zero-order valence-corrected chi connectivity index (χ0v) is 9.39. The maximum absolute atomic E-state index is 8.67. The first-order valence-corrected chi connectivity index (χ1v) is 5.13. The molecule has 80 valence electrons. The van der Waals surface area contributed by atoms with Crippen molar-refractivity contribution >= 4 is 12.4 Å². The average Bonchev–Trinajstić information content (AvgIpc) is 2.30. The monoisotopic (exact) mass is 222 g/mol. The minimum Gasteiger partial charge on any atom is -0.310 e. The van der Waals surface area contributed by atoms with E-state index in [9.17, 15) is 0 Å². The predicted octanol–water partition coefficient (Wildman–Crippen LogP) is 2.79. The number of nitrogens with zero attached hydrogens (tertiary/aromatic N) is 1. The molecule has 1 heterocycles. The van der Waals surface area contributed by atoms with Crippen LogP contribution < -0.4 is 5.32 Å². The van der Waals surface area contributed by atoms with Gasteiger partial charge >= 0.3 is 0 Å². The van der Waals surface area contributed by atoms with Gasteiger partial charge in [0.25, 0.3) is 0 Å². The van der Waals surface area contributed by atoms with Crippen LogP contribution in [0.4, 0.5) is 0 Å². The van der Waals surface area contributed by atoms with Gasteiger partial charge in [-0.15, -0.1) is 12.4 Å². The zero-order chi connectivity index (χ0) is 9.80. The summed E-state index contributed by atoms with van der Waals surface area (Å²) in [5.74, 6) is 0. The van der Waals surface area contributed by atoms with Crippen molar-refractivity contribution in [2.24, 2.45) is 0 Å². The molecule has 2 nitrogen and oxygen atoms in total. The third-order valence-corrected chi connectivity index (χ3v) is 2.75. The summed E-state index contributed by atoms with van der Waals surface area (Å²) in [7, 11) is 0. The molecule has 0 saturated carbocycles. The van der Waals surface area contributed by atoms with E-state index in [0.717, 1.165) is 12.1 Å². The van der Waals surface area contributed by atoms with E-state index < -0.39 is 0 Å². The van der Waals surface area contributed by atoms with Crippen LogP contribution in [-0.2, 0) is 0 Å². The van der Waals surface area contributed by atoms with Crippen molar-refractivity contribution < 1.29 is 0 Å². The van der Waals surface area contributed by atoms with Crippen LogP contribution in [0.2, 0.25) is 0 Å². The number of hydrogen-bond acceptors (Lipinski definition) is 2. The Morgan fingerprint density at radius 3 is 2.47 bits per heavy atom. The third kappa shape index (κ3) is 2.95. The van der Waals surface area contributed by atoms with E-state index in [1.807, 2.05) is 12.1 Å². The van der Waals surface area contributed by atoms with Crippen LogP contribution in [0.15, 0.2) is 24.3 Å². The molecule has 1 fully saturated rings. The number of nitriles is 1. The molecule has 1 atom stereocenters. The molecule has 1 aliphatic heterocycles. The Bertz CT molecular complexity index is 334. The molecule has 1 aromatic rings. The second-order valence-electron chi connectivity index (χ2n) is 3.74. The normalized spacial score (nSPS) is 20.1. The third-order valence-electron chi connectivity index (χ3n) is 2.75. The van der Waals surface area contributed by atoms with Gasteiger partial charge in [-0.25, -0.2) is 0 Å². The summed E-state index contributed by atoms with van der Waals surface area (Å²) in [4.78, 5) is 0. The van der Waals surface area contributed by atoms with Crippen LogP contribution in [0.5, 0.6) is 0 Å². The minimum atomic E-state index is 0. The van der Waals surface area contributed by atoms with Crippen LogP contribution in [0.3, 0.4) is 0 Å². The van der Waals surface area contributed by atoms with Crippen molar-refractivity contribution in [2.45, 2.75) is 25.3 Å². The molecular weight excluding hydrogens is 208 g/mol. The molecule has 3 heteroatoms. The average molecular weight is 223 g/mol. The van der Waals surface area contributed by atoms with Crippen molar-refractivity contribution in [1.29, 1.82) is 5.26 Å². The molecule has 1 saturated heterocycles. The van der Waals surface area contributed by atoms with Crippen LogP contribution >= 0.6 is 12.4 Å². The molecule has 1 aromatic carbocycles. The van der Waals surface area contributed by atoms with Crippen molar-refractivity contribution in [3.8, 4) is 6.07 Å². The molecule has 0 aliphatic carbocycles. The minimum absolute atomic E-state index is 0. The molecule has 1 aliphatic rings. The highest BCUT2D eigenvalue weighted by atomic mass is 35.5. The fraction of sp³-hybridized carbons (Fsp3) is 0.417. The number of rotatable bonds is 1. The largest absolute Gasteiger partial charge is 0.310 e. The van der Waals surface area contributed by atoms with E-state index in [0.29, 0.717) is 6.04 Å². The Morgan fingerprint density at radius 2 is 1.93 bits per heavy atom. The molecule has 1 N–H and O–H groups in total. The van der Waals surface area contributed by atoms with Gasteiger partial charge in [-0.1, -0.05) is 18.6 Å². The van der Waals surface area contributed by atoms with Gasteiger partial charge in [-0.05, 0) is 37.1 Å². The highest BCUT2D eigenvalue weighted by Crippen LogP contribution is 2.22. The fourth-order valence-electron chi connectivity index (χ4n) is 1.93. The molecule has 0 aromatic heterocycles. The Labute approximate surface area is 96.7 Å². The van der Waals surface area contributed by atoms with Crippen LogP contribution in [0, 0.1) is 11.3 Å². The standard InChI is InChI=1S/C12H14N2.ClH/c13-9-10-4-6-11(7-5-10)12-3-1-2-8-14-12;/h4-7,12,14H,1-3,8H2;1H/t12-;/m1./s1. The lowest BCUT2D eigenvalue weighted by Crippen LogP contribution is -2.26. The van der Waals surface area contributed by atoms with Gasteiger partial charge in [0.1, 0.15) is 0 Å². The van der Waals surface area contributed by atoms with Gasteiger partial charge in [-0.3, -0.25) is 0 Å². The van der Waals surface area contributed by atoms with Gasteiger partial charge in [0, 0.05) is 6.04 Å². The SMILES string of the molecule is Cl.N#Cc1ccc([C@H]2CCCCN2)cc1. The fourth-order valence-corrected chi connectivity index (χ4v) is 1.93. The van der Waals surface area contributed by atoms with Crippen LogP contribution in [-0.4, -0.2) is 6.54 Å². The van der Waals surface area contributed by atoms with E-state index in [2.05, 4.69) is 23.5 Å². The zero-order valence-electron chi connectivity index (χ0n) is 8.57. The van der Waals surface area contributed by atoms with Gasteiger partial charge in [0.2, 0.25) is 0 Å². The first-order valence-electron chi connectivity index (χ1n) is 5.13. The molecule has 0 radical (unpaired) electrons. The highest BCUT2D eigenvalue weighted by Gasteiger charge is 2.13. The Morgan fingerprint density at radius 1 is 1.20 bits per heavy atom. The topological polar surface area (TPSA) is 35.8 Å². The summed E-state index contributed by atoms with van der Waals surface area (Å²) in [5.41, 5.74) is 2.05. The summed E-state index contributed by atoms with van der Waals surface area (Å²) in [6.07, 6.45) is 3.80. The van der Waals surface area contributed by atoms with E-state index in [1.54, 1.807) is 0 Å². The number of hydrogen-bond donors (Lipinski definition) is 1. The smallest absolute Gasteiger partial charge is 0.0991 e. The Balaban J connectivity index is 0.00000112. The molecule has 0 unspecified atom stereocenters. The molecule has 0 spiro atoms. The maximum atomic E-state index is 8.67. The summed E-state index contributed by atoms with van der Waals surface area (Å²) < 4.78 is 0. The quantitative estimate of drug-likeness (QED) is 0.793. The van der Waals surface area contributed by atoms with Crippen LogP contribution in [0.1, 0.15) is 36.4 Å². The van der Waals surface area contributed by atoms with Crippen molar-refractivity contribution in [3.63, 3.8) is 0 Å². The Hall–Kier alpha value is -1.04. The molecular formula is C12H15ClN2. The number of halogens is 1. The van der Waals surface area contributed by atoms with Gasteiger partial charge in [0.05, 0.1) is 11.6 Å². The lowest BCUT2D eigenvalue weighted by molar-refractivity contribution is 0.412. The molecule has 2 rings (SSSR count). The Kier molecular flexibility index (Phi) is 4.61. The van der Waals surface area contributed by atoms with Crippen molar-refractivity contribution in [1.82, 2.24) is 5.32 Å². The number of benzene rings is 1. The first-order chi connectivity index (χ1) is 6.90. The predicted molar refractivity (Wildman–Crippen MR) is 63.0 cm³/mol. The second kappa shape index (κ2) is 5.75. The van der Waals surface area contributed by atoms with E-state index in [1.165, 1.54) is 24.8 Å². The summed E-state index contributed by atoms with van der Waals surface area (Å²) in [5, 5.41) is 12.2. The summed E-state index contributed by atoms with van der Waals surface area (Å²) in [6, 6.07) is 10.5. The maximum Gasteiger partial charge on any atom is 0.0991 e. The van der Waals surface area contributed by atoms with Crippen LogP contribution in [0.25, 0.3) is 0 Å². The van der Waals surface area contributed by atoms with E-state index in [-0.39, 0.29) is 12.4 Å². The van der Waals surface area contributed by atoms with Crippen molar-refractivity contribution in [3.05, 3.63) is 35.4 Å². The highest BCUT2D eigenvalue weighted by molar-refractivity contribution is 5.85.